The first kappa shape index (κ1) is 15.5. The number of hydrogen-bond donors (Lipinski definition) is 2. The van der Waals surface area contributed by atoms with Crippen molar-refractivity contribution in [2.75, 3.05) is 6.61 Å². The Hall–Kier alpha value is -1.55. The van der Waals surface area contributed by atoms with Gasteiger partial charge in [-0.15, -0.1) is 0 Å². The monoisotopic (exact) mass is 264 g/mol. The molecule has 0 bridgehead atoms. The van der Waals surface area contributed by atoms with Gasteiger partial charge in [0, 0.05) is 6.42 Å². The van der Waals surface area contributed by atoms with Gasteiger partial charge in [0.05, 0.1) is 12.6 Å². The van der Waals surface area contributed by atoms with Crippen molar-refractivity contribution in [3.63, 3.8) is 0 Å². The van der Waals surface area contributed by atoms with E-state index in [1.807, 2.05) is 13.0 Å². The first-order chi connectivity index (χ1) is 8.71. The lowest BCUT2D eigenvalue weighted by atomic mass is 9.86. The summed E-state index contributed by atoms with van der Waals surface area (Å²) in [6.45, 7) is 8.93. The van der Waals surface area contributed by atoms with E-state index in [9.17, 15) is 4.79 Å². The first-order valence-electron chi connectivity index (χ1n) is 6.50. The Balaban J connectivity index is 2.63. The number of aryl methyl sites for hydroxylation is 1. The highest BCUT2D eigenvalue weighted by atomic mass is 16.5. The van der Waals surface area contributed by atoms with Crippen molar-refractivity contribution < 1.29 is 9.53 Å². The molecule has 0 radical (unpaired) electrons. The molecule has 0 heterocycles. The molecule has 1 amide bonds. The Morgan fingerprint density at radius 3 is 2.47 bits per heavy atom. The number of ether oxygens (including phenoxy) is 1. The van der Waals surface area contributed by atoms with E-state index in [1.54, 1.807) is 0 Å². The second-order valence-corrected chi connectivity index (χ2v) is 5.88. The third-order valence-corrected chi connectivity index (χ3v) is 3.09. The molecule has 1 unspecified atom stereocenters. The zero-order valence-corrected chi connectivity index (χ0v) is 12.2. The average Bonchev–Trinajstić information content (AvgIpc) is 2.29. The van der Waals surface area contributed by atoms with Gasteiger partial charge in [-0.3, -0.25) is 4.79 Å². The average molecular weight is 264 g/mol. The van der Waals surface area contributed by atoms with Crippen molar-refractivity contribution in [3.8, 4) is 5.75 Å². The van der Waals surface area contributed by atoms with Crippen molar-refractivity contribution in [2.45, 2.75) is 45.6 Å². The van der Waals surface area contributed by atoms with Crippen LogP contribution in [-0.4, -0.2) is 18.6 Å². The highest BCUT2D eigenvalue weighted by Crippen LogP contribution is 2.27. The highest BCUT2D eigenvalue weighted by Gasteiger charge is 2.15. The Morgan fingerprint density at radius 2 is 2.00 bits per heavy atom. The van der Waals surface area contributed by atoms with Crippen LogP contribution in [0.1, 0.15) is 38.3 Å². The third kappa shape index (κ3) is 4.56. The summed E-state index contributed by atoms with van der Waals surface area (Å²) in [5.41, 5.74) is 13.1. The summed E-state index contributed by atoms with van der Waals surface area (Å²) in [5.74, 6) is 0.327. The van der Waals surface area contributed by atoms with Crippen molar-refractivity contribution >= 4 is 5.91 Å². The lowest BCUT2D eigenvalue weighted by Gasteiger charge is -2.20. The van der Waals surface area contributed by atoms with Crippen LogP contribution in [0.3, 0.4) is 0 Å². The number of carbonyl (C=O) groups is 1. The SMILES string of the molecule is Cc1cc(C(C)(C)C)ccc1OCCC(N)C(N)=O. The number of rotatable bonds is 5. The van der Waals surface area contributed by atoms with E-state index >= 15 is 0 Å². The van der Waals surface area contributed by atoms with E-state index in [-0.39, 0.29) is 5.41 Å². The molecule has 106 valence electrons. The van der Waals surface area contributed by atoms with Crippen LogP contribution in [0, 0.1) is 6.92 Å². The predicted octanol–water partition coefficient (Wildman–Crippen LogP) is 1.87. The fraction of sp³-hybridized carbons (Fsp3) is 0.533. The van der Waals surface area contributed by atoms with Crippen LogP contribution >= 0.6 is 0 Å². The van der Waals surface area contributed by atoms with E-state index in [2.05, 4.69) is 32.9 Å². The van der Waals surface area contributed by atoms with Gasteiger partial charge in [0.15, 0.2) is 0 Å². The largest absolute Gasteiger partial charge is 0.493 e. The second-order valence-electron chi connectivity index (χ2n) is 5.88. The van der Waals surface area contributed by atoms with Crippen LogP contribution in [0.15, 0.2) is 18.2 Å². The zero-order chi connectivity index (χ0) is 14.6. The molecule has 4 heteroatoms. The molecular weight excluding hydrogens is 240 g/mol. The number of nitrogens with two attached hydrogens (primary N) is 2. The van der Waals surface area contributed by atoms with Gasteiger partial charge in [-0.1, -0.05) is 32.9 Å². The molecule has 1 aromatic rings. The molecule has 0 aliphatic carbocycles. The van der Waals surface area contributed by atoms with E-state index in [4.69, 9.17) is 16.2 Å². The molecule has 0 aromatic heterocycles. The Kier molecular flexibility index (Phi) is 4.95. The van der Waals surface area contributed by atoms with Crippen LogP contribution in [0.4, 0.5) is 0 Å². The van der Waals surface area contributed by atoms with Crippen molar-refractivity contribution in [3.05, 3.63) is 29.3 Å². The van der Waals surface area contributed by atoms with Gasteiger partial charge in [0.2, 0.25) is 5.91 Å². The van der Waals surface area contributed by atoms with Crippen LogP contribution in [0.5, 0.6) is 5.75 Å². The standard InChI is InChI=1S/C15H24N2O2/c1-10-9-11(15(2,3)4)5-6-13(10)19-8-7-12(16)14(17)18/h5-6,9,12H,7-8,16H2,1-4H3,(H2,17,18). The quantitative estimate of drug-likeness (QED) is 0.852. The van der Waals surface area contributed by atoms with Crippen LogP contribution in [0.25, 0.3) is 0 Å². The van der Waals surface area contributed by atoms with E-state index in [1.165, 1.54) is 5.56 Å². The Labute approximate surface area is 115 Å². The maximum Gasteiger partial charge on any atom is 0.234 e. The molecule has 1 atom stereocenters. The van der Waals surface area contributed by atoms with Crippen molar-refractivity contribution in [2.24, 2.45) is 11.5 Å². The maximum absolute atomic E-state index is 10.8. The molecule has 0 aliphatic rings. The molecule has 1 rings (SSSR count). The zero-order valence-electron chi connectivity index (χ0n) is 12.2. The number of benzene rings is 1. The molecule has 4 nitrogen and oxygen atoms in total. The van der Waals surface area contributed by atoms with E-state index in [0.717, 1.165) is 11.3 Å². The Bertz CT molecular complexity index is 450. The van der Waals surface area contributed by atoms with Gasteiger partial charge in [-0.25, -0.2) is 0 Å². The van der Waals surface area contributed by atoms with Crippen LogP contribution in [-0.2, 0) is 10.2 Å². The maximum atomic E-state index is 10.8. The lowest BCUT2D eigenvalue weighted by molar-refractivity contribution is -0.119. The van der Waals surface area contributed by atoms with Crippen LogP contribution < -0.4 is 16.2 Å². The summed E-state index contributed by atoms with van der Waals surface area (Å²) < 4.78 is 5.64. The summed E-state index contributed by atoms with van der Waals surface area (Å²) in [7, 11) is 0. The van der Waals surface area contributed by atoms with E-state index < -0.39 is 11.9 Å². The molecule has 0 saturated heterocycles. The topological polar surface area (TPSA) is 78.3 Å². The lowest BCUT2D eigenvalue weighted by Crippen LogP contribution is -2.37. The molecule has 0 fully saturated rings. The highest BCUT2D eigenvalue weighted by molar-refractivity contribution is 5.79. The molecular formula is C15H24N2O2. The van der Waals surface area contributed by atoms with Crippen LogP contribution in [0.2, 0.25) is 0 Å². The number of hydrogen-bond acceptors (Lipinski definition) is 3. The summed E-state index contributed by atoms with van der Waals surface area (Å²) in [5, 5.41) is 0. The summed E-state index contributed by atoms with van der Waals surface area (Å²) in [6.07, 6.45) is 0.426. The van der Waals surface area contributed by atoms with Gasteiger partial charge in [0.25, 0.3) is 0 Å². The number of carbonyl (C=O) groups excluding carboxylic acids is 1. The Morgan fingerprint density at radius 1 is 1.37 bits per heavy atom. The first-order valence-corrected chi connectivity index (χ1v) is 6.50. The number of amides is 1. The molecule has 4 N–H and O–H groups in total. The van der Waals surface area contributed by atoms with Gasteiger partial charge < -0.3 is 16.2 Å². The fourth-order valence-corrected chi connectivity index (χ4v) is 1.72. The molecule has 0 aliphatic heterocycles. The minimum atomic E-state index is -0.644. The van der Waals surface area contributed by atoms with Gasteiger partial charge in [0.1, 0.15) is 5.75 Å². The van der Waals surface area contributed by atoms with E-state index in [0.29, 0.717) is 13.0 Å². The molecule has 0 spiro atoms. The number of primary amides is 1. The molecule has 1 aromatic carbocycles. The van der Waals surface area contributed by atoms with Gasteiger partial charge in [-0.05, 0) is 29.5 Å². The minimum Gasteiger partial charge on any atom is -0.493 e. The molecule has 19 heavy (non-hydrogen) atoms. The van der Waals surface area contributed by atoms with Gasteiger partial charge >= 0.3 is 0 Å². The summed E-state index contributed by atoms with van der Waals surface area (Å²) >= 11 is 0. The smallest absolute Gasteiger partial charge is 0.234 e. The predicted molar refractivity (Wildman–Crippen MR) is 77.2 cm³/mol. The summed E-state index contributed by atoms with van der Waals surface area (Å²) in [4.78, 5) is 10.8. The second kappa shape index (κ2) is 6.06. The van der Waals surface area contributed by atoms with Crippen molar-refractivity contribution in [1.29, 1.82) is 0 Å². The minimum absolute atomic E-state index is 0.123. The summed E-state index contributed by atoms with van der Waals surface area (Å²) in [6, 6.07) is 5.51. The third-order valence-electron chi connectivity index (χ3n) is 3.09. The van der Waals surface area contributed by atoms with Gasteiger partial charge in [-0.2, -0.15) is 0 Å². The molecule has 0 saturated carbocycles. The van der Waals surface area contributed by atoms with Crippen molar-refractivity contribution in [1.82, 2.24) is 0 Å². The fourth-order valence-electron chi connectivity index (χ4n) is 1.72. The normalized spacial score (nSPS) is 13.1.